The zero-order chi connectivity index (χ0) is 13.9. The Kier molecular flexibility index (Phi) is 5.05. The number of alkyl halides is 1. The summed E-state index contributed by atoms with van der Waals surface area (Å²) in [6.07, 6.45) is 0. The first-order chi connectivity index (χ1) is 8.28. The average Bonchev–Trinajstić information content (AvgIpc) is 2.28. The Bertz CT molecular complexity index is 481. The molecule has 0 spiro atoms. The van der Waals surface area contributed by atoms with Crippen molar-refractivity contribution in [2.45, 2.75) is 39.5 Å². The van der Waals surface area contributed by atoms with Crippen molar-refractivity contribution in [1.29, 1.82) is 0 Å². The molecule has 102 valence electrons. The van der Waals surface area contributed by atoms with Gasteiger partial charge < -0.3 is 4.18 Å². The molecule has 0 radical (unpaired) electrons. The number of halogens is 1. The predicted octanol–water partition coefficient (Wildman–Crippen LogP) is 3.84. The van der Waals surface area contributed by atoms with E-state index in [0.717, 1.165) is 11.1 Å². The predicted molar refractivity (Wildman–Crippen MR) is 74.9 cm³/mol. The van der Waals surface area contributed by atoms with Crippen LogP contribution in [0.15, 0.2) is 18.2 Å². The van der Waals surface area contributed by atoms with Crippen LogP contribution >= 0.6 is 11.6 Å². The van der Waals surface area contributed by atoms with Crippen LogP contribution in [-0.4, -0.2) is 13.6 Å². The van der Waals surface area contributed by atoms with Crippen LogP contribution < -0.4 is 4.18 Å². The van der Waals surface area contributed by atoms with Crippen LogP contribution in [0.25, 0.3) is 0 Å². The Hall–Kier alpha value is -0.740. The van der Waals surface area contributed by atoms with Crippen molar-refractivity contribution < 1.29 is 12.6 Å². The highest BCUT2D eigenvalue weighted by Gasteiger charge is 2.20. The molecule has 5 heteroatoms. The third kappa shape index (κ3) is 3.62. The van der Waals surface area contributed by atoms with Crippen molar-refractivity contribution in [2.75, 3.05) is 5.21 Å². The Labute approximate surface area is 114 Å². The minimum absolute atomic E-state index is 0.184. The number of hydrogen-bond acceptors (Lipinski definition) is 3. The summed E-state index contributed by atoms with van der Waals surface area (Å²) >= 11 is 5.39. The lowest BCUT2D eigenvalue weighted by atomic mass is 9.94. The molecule has 1 rings (SSSR count). The molecule has 0 unspecified atom stereocenters. The minimum atomic E-state index is -3.72. The Morgan fingerprint density at radius 3 is 1.89 bits per heavy atom. The van der Waals surface area contributed by atoms with Gasteiger partial charge in [-0.2, -0.15) is 8.42 Å². The quantitative estimate of drug-likeness (QED) is 0.611. The maximum absolute atomic E-state index is 11.6. The lowest BCUT2D eigenvalue weighted by molar-refractivity contribution is 0.481. The zero-order valence-corrected chi connectivity index (χ0v) is 12.7. The van der Waals surface area contributed by atoms with Crippen LogP contribution in [0.5, 0.6) is 5.75 Å². The van der Waals surface area contributed by atoms with Crippen molar-refractivity contribution in [3.8, 4) is 5.75 Å². The van der Waals surface area contributed by atoms with Crippen LogP contribution in [0.2, 0.25) is 0 Å². The lowest BCUT2D eigenvalue weighted by Gasteiger charge is -2.18. The van der Waals surface area contributed by atoms with E-state index >= 15 is 0 Å². The molecule has 0 aliphatic carbocycles. The molecule has 18 heavy (non-hydrogen) atoms. The Morgan fingerprint density at radius 2 is 1.56 bits per heavy atom. The molecule has 0 atom stereocenters. The molecule has 1 aromatic rings. The second kappa shape index (κ2) is 5.93. The summed E-state index contributed by atoms with van der Waals surface area (Å²) in [4.78, 5) is 0. The standard InChI is InChI=1S/C13H19ClO3S/c1-9(2)11-6-5-7-12(10(3)4)13(11)17-18(15,16)8-14/h5-7,9-10H,8H2,1-4H3. The van der Waals surface area contributed by atoms with Gasteiger partial charge in [-0.25, -0.2) is 0 Å². The van der Waals surface area contributed by atoms with Crippen molar-refractivity contribution in [3.05, 3.63) is 29.3 Å². The molecule has 3 nitrogen and oxygen atoms in total. The van der Waals surface area contributed by atoms with Crippen molar-refractivity contribution in [2.24, 2.45) is 0 Å². The molecule has 0 aromatic heterocycles. The van der Waals surface area contributed by atoms with E-state index < -0.39 is 15.3 Å². The van der Waals surface area contributed by atoms with Gasteiger partial charge in [0, 0.05) is 0 Å². The van der Waals surface area contributed by atoms with Crippen LogP contribution in [0.1, 0.15) is 50.7 Å². The van der Waals surface area contributed by atoms with Crippen molar-refractivity contribution in [3.63, 3.8) is 0 Å². The van der Waals surface area contributed by atoms with Crippen LogP contribution in [-0.2, 0) is 10.1 Å². The molecule has 0 aliphatic rings. The summed E-state index contributed by atoms with van der Waals surface area (Å²) in [6.45, 7) is 8.00. The summed E-state index contributed by atoms with van der Waals surface area (Å²) in [5.74, 6) is 0.802. The molecule has 0 heterocycles. The fourth-order valence-corrected chi connectivity index (χ4v) is 2.35. The molecular weight excluding hydrogens is 272 g/mol. The SMILES string of the molecule is CC(C)c1cccc(C(C)C)c1OS(=O)(=O)CCl. The van der Waals surface area contributed by atoms with Crippen LogP contribution in [0.3, 0.4) is 0 Å². The molecule has 0 aliphatic heterocycles. The minimum Gasteiger partial charge on any atom is -0.381 e. The fraction of sp³-hybridized carbons (Fsp3) is 0.538. The summed E-state index contributed by atoms with van der Waals surface area (Å²) in [7, 11) is -3.72. The highest BCUT2D eigenvalue weighted by atomic mass is 35.5. The van der Waals surface area contributed by atoms with Gasteiger partial charge in [0.15, 0.2) is 5.21 Å². The summed E-state index contributed by atoms with van der Waals surface area (Å²) in [6, 6.07) is 5.69. The van der Waals surface area contributed by atoms with E-state index in [4.69, 9.17) is 15.8 Å². The number of para-hydroxylation sites is 1. The maximum Gasteiger partial charge on any atom is 0.323 e. The molecule has 0 saturated carbocycles. The number of benzene rings is 1. The number of hydrogen-bond donors (Lipinski definition) is 0. The van der Waals surface area contributed by atoms with E-state index in [1.807, 2.05) is 45.9 Å². The molecule has 0 N–H and O–H groups in total. The molecule has 0 fully saturated rings. The van der Waals surface area contributed by atoms with E-state index in [-0.39, 0.29) is 11.8 Å². The summed E-state index contributed by atoms with van der Waals surface area (Å²) < 4.78 is 28.3. The van der Waals surface area contributed by atoms with Crippen LogP contribution in [0, 0.1) is 0 Å². The van der Waals surface area contributed by atoms with E-state index in [1.54, 1.807) is 0 Å². The third-order valence-electron chi connectivity index (χ3n) is 2.66. The Balaban J connectivity index is 3.36. The van der Waals surface area contributed by atoms with Gasteiger partial charge in [0.1, 0.15) is 5.75 Å². The fourth-order valence-electron chi connectivity index (χ4n) is 1.73. The second-order valence-corrected chi connectivity index (χ2v) is 6.98. The van der Waals surface area contributed by atoms with Gasteiger partial charge in [-0.1, -0.05) is 45.9 Å². The first-order valence-corrected chi connectivity index (χ1v) is 8.00. The van der Waals surface area contributed by atoms with Crippen molar-refractivity contribution >= 4 is 21.7 Å². The topological polar surface area (TPSA) is 43.4 Å². The van der Waals surface area contributed by atoms with E-state index in [2.05, 4.69) is 0 Å². The molecular formula is C13H19ClO3S. The highest BCUT2D eigenvalue weighted by molar-refractivity contribution is 7.88. The van der Waals surface area contributed by atoms with Gasteiger partial charge in [0.05, 0.1) is 0 Å². The van der Waals surface area contributed by atoms with Crippen LogP contribution in [0.4, 0.5) is 0 Å². The Morgan fingerprint density at radius 1 is 1.11 bits per heavy atom. The zero-order valence-electron chi connectivity index (χ0n) is 11.1. The third-order valence-corrected chi connectivity index (χ3v) is 4.15. The summed E-state index contributed by atoms with van der Waals surface area (Å²) in [5, 5.41) is -0.545. The van der Waals surface area contributed by atoms with Gasteiger partial charge in [0.2, 0.25) is 0 Å². The molecule has 1 aromatic carbocycles. The van der Waals surface area contributed by atoms with E-state index in [0.29, 0.717) is 5.75 Å². The maximum atomic E-state index is 11.6. The summed E-state index contributed by atoms with van der Waals surface area (Å²) in [5.41, 5.74) is 1.77. The van der Waals surface area contributed by atoms with E-state index in [9.17, 15) is 8.42 Å². The number of rotatable bonds is 5. The van der Waals surface area contributed by atoms with E-state index in [1.165, 1.54) is 0 Å². The largest absolute Gasteiger partial charge is 0.381 e. The first kappa shape index (κ1) is 15.3. The van der Waals surface area contributed by atoms with Gasteiger partial charge in [-0.3, -0.25) is 0 Å². The molecule has 0 saturated heterocycles. The highest BCUT2D eigenvalue weighted by Crippen LogP contribution is 2.35. The smallest absolute Gasteiger partial charge is 0.323 e. The second-order valence-electron chi connectivity index (χ2n) is 4.83. The molecule has 0 bridgehead atoms. The van der Waals surface area contributed by atoms with Gasteiger partial charge in [-0.15, -0.1) is 11.6 Å². The van der Waals surface area contributed by atoms with Gasteiger partial charge in [-0.05, 0) is 23.0 Å². The van der Waals surface area contributed by atoms with Crippen molar-refractivity contribution in [1.82, 2.24) is 0 Å². The monoisotopic (exact) mass is 290 g/mol. The van der Waals surface area contributed by atoms with Gasteiger partial charge in [0.25, 0.3) is 0 Å². The average molecular weight is 291 g/mol. The normalized spacial score (nSPS) is 12.2. The van der Waals surface area contributed by atoms with Gasteiger partial charge >= 0.3 is 10.1 Å². The molecule has 0 amide bonds. The lowest BCUT2D eigenvalue weighted by Crippen LogP contribution is -2.13. The first-order valence-electron chi connectivity index (χ1n) is 5.89.